The Balaban J connectivity index is 2.41. The molecular formula is C12H19N3O2. The second-order valence-electron chi connectivity index (χ2n) is 4.56. The van der Waals surface area contributed by atoms with Crippen molar-refractivity contribution in [1.29, 1.82) is 0 Å². The summed E-state index contributed by atoms with van der Waals surface area (Å²) in [7, 11) is 0. The number of aromatic nitrogens is 1. The van der Waals surface area contributed by atoms with Crippen LogP contribution >= 0.6 is 0 Å². The molecule has 5 heteroatoms. The Labute approximate surface area is 101 Å². The van der Waals surface area contributed by atoms with Crippen molar-refractivity contribution >= 4 is 11.7 Å². The highest BCUT2D eigenvalue weighted by molar-refractivity contribution is 5.88. The van der Waals surface area contributed by atoms with Crippen molar-refractivity contribution in [2.45, 2.75) is 26.4 Å². The van der Waals surface area contributed by atoms with Gasteiger partial charge >= 0.3 is 6.03 Å². The number of hydrogen-bond donors (Lipinski definition) is 3. The van der Waals surface area contributed by atoms with Gasteiger partial charge in [0.2, 0.25) is 0 Å². The van der Waals surface area contributed by atoms with E-state index in [2.05, 4.69) is 15.6 Å². The number of urea groups is 1. The number of aliphatic hydroxyl groups is 1. The van der Waals surface area contributed by atoms with Gasteiger partial charge in [-0.1, -0.05) is 13.8 Å². The second kappa shape index (κ2) is 5.63. The van der Waals surface area contributed by atoms with Crippen molar-refractivity contribution in [3.8, 4) is 0 Å². The quantitative estimate of drug-likeness (QED) is 0.744. The van der Waals surface area contributed by atoms with Gasteiger partial charge in [0, 0.05) is 12.7 Å². The molecule has 0 aliphatic heterocycles. The van der Waals surface area contributed by atoms with Gasteiger partial charge in [0.25, 0.3) is 0 Å². The Kier molecular flexibility index (Phi) is 4.45. The number of anilines is 1. The zero-order valence-corrected chi connectivity index (χ0v) is 10.4. The maximum Gasteiger partial charge on any atom is 0.319 e. The molecule has 1 aromatic heterocycles. The summed E-state index contributed by atoms with van der Waals surface area (Å²) in [4.78, 5) is 15.4. The Bertz CT molecular complexity index is 363. The molecular weight excluding hydrogens is 218 g/mol. The minimum Gasteiger partial charge on any atom is -0.388 e. The Morgan fingerprint density at radius 3 is 2.82 bits per heavy atom. The summed E-state index contributed by atoms with van der Waals surface area (Å²) in [5.74, 6) is 0.0705. The number of pyridine rings is 1. The van der Waals surface area contributed by atoms with Crippen molar-refractivity contribution in [3.05, 3.63) is 24.5 Å². The molecule has 94 valence electrons. The SMILES string of the molecule is CC(C)C(C)(O)CNC(=O)Nc1cccnc1. The van der Waals surface area contributed by atoms with Crippen LogP contribution in [0.15, 0.2) is 24.5 Å². The van der Waals surface area contributed by atoms with Crippen LogP contribution in [0.25, 0.3) is 0 Å². The van der Waals surface area contributed by atoms with Crippen LogP contribution in [-0.4, -0.2) is 28.3 Å². The smallest absolute Gasteiger partial charge is 0.319 e. The number of carbonyl (C=O) groups excluding carboxylic acids is 1. The molecule has 0 bridgehead atoms. The van der Waals surface area contributed by atoms with Crippen LogP contribution in [0.5, 0.6) is 0 Å². The molecule has 1 aromatic rings. The van der Waals surface area contributed by atoms with Gasteiger partial charge in [-0.05, 0) is 25.0 Å². The predicted molar refractivity (Wildman–Crippen MR) is 66.7 cm³/mol. The molecule has 0 aromatic carbocycles. The molecule has 0 fully saturated rings. The van der Waals surface area contributed by atoms with E-state index in [1.54, 1.807) is 31.5 Å². The number of rotatable bonds is 4. The van der Waals surface area contributed by atoms with E-state index in [9.17, 15) is 9.90 Å². The van der Waals surface area contributed by atoms with E-state index in [1.807, 2.05) is 13.8 Å². The first-order valence-corrected chi connectivity index (χ1v) is 5.59. The maximum atomic E-state index is 11.5. The van der Waals surface area contributed by atoms with E-state index in [0.29, 0.717) is 5.69 Å². The van der Waals surface area contributed by atoms with Gasteiger partial charge in [0.1, 0.15) is 0 Å². The van der Waals surface area contributed by atoms with Gasteiger partial charge in [-0.15, -0.1) is 0 Å². The first kappa shape index (κ1) is 13.4. The molecule has 1 heterocycles. The fourth-order valence-electron chi connectivity index (χ4n) is 1.08. The number of carbonyl (C=O) groups is 1. The highest BCUT2D eigenvalue weighted by Gasteiger charge is 2.25. The average molecular weight is 237 g/mol. The zero-order valence-electron chi connectivity index (χ0n) is 10.4. The van der Waals surface area contributed by atoms with Crippen LogP contribution in [0.4, 0.5) is 10.5 Å². The number of hydrogen-bond acceptors (Lipinski definition) is 3. The zero-order chi connectivity index (χ0) is 12.9. The summed E-state index contributed by atoms with van der Waals surface area (Å²) in [6.07, 6.45) is 3.19. The molecule has 0 aliphatic carbocycles. The van der Waals surface area contributed by atoms with E-state index in [0.717, 1.165) is 0 Å². The highest BCUT2D eigenvalue weighted by Crippen LogP contribution is 2.14. The lowest BCUT2D eigenvalue weighted by atomic mass is 9.93. The Hall–Kier alpha value is -1.62. The lowest BCUT2D eigenvalue weighted by Gasteiger charge is -2.27. The van der Waals surface area contributed by atoms with Crippen molar-refractivity contribution in [2.75, 3.05) is 11.9 Å². The van der Waals surface area contributed by atoms with Crippen molar-refractivity contribution < 1.29 is 9.90 Å². The molecule has 0 saturated carbocycles. The topological polar surface area (TPSA) is 74.2 Å². The van der Waals surface area contributed by atoms with Gasteiger partial charge < -0.3 is 15.7 Å². The molecule has 3 N–H and O–H groups in total. The molecule has 2 amide bonds. The van der Waals surface area contributed by atoms with Crippen LogP contribution in [0, 0.1) is 5.92 Å². The predicted octanol–water partition coefficient (Wildman–Crippen LogP) is 1.61. The van der Waals surface area contributed by atoms with Gasteiger partial charge in [-0.2, -0.15) is 0 Å². The Morgan fingerprint density at radius 1 is 1.59 bits per heavy atom. The molecule has 5 nitrogen and oxygen atoms in total. The Morgan fingerprint density at radius 2 is 2.29 bits per heavy atom. The number of amides is 2. The van der Waals surface area contributed by atoms with Crippen LogP contribution in [0.2, 0.25) is 0 Å². The van der Waals surface area contributed by atoms with E-state index in [1.165, 1.54) is 0 Å². The van der Waals surface area contributed by atoms with Crippen molar-refractivity contribution in [3.63, 3.8) is 0 Å². The first-order chi connectivity index (χ1) is 7.92. The maximum absolute atomic E-state index is 11.5. The number of nitrogens with one attached hydrogen (secondary N) is 2. The average Bonchev–Trinajstić information content (AvgIpc) is 2.28. The summed E-state index contributed by atoms with van der Waals surface area (Å²) in [6, 6.07) is 3.13. The van der Waals surface area contributed by atoms with Crippen LogP contribution in [-0.2, 0) is 0 Å². The van der Waals surface area contributed by atoms with Crippen molar-refractivity contribution in [1.82, 2.24) is 10.3 Å². The van der Waals surface area contributed by atoms with Crippen molar-refractivity contribution in [2.24, 2.45) is 5.92 Å². The third kappa shape index (κ3) is 4.40. The van der Waals surface area contributed by atoms with Crippen LogP contribution in [0.3, 0.4) is 0 Å². The standard InChI is InChI=1S/C12H19N3O2/c1-9(2)12(3,17)8-14-11(16)15-10-5-4-6-13-7-10/h4-7,9,17H,8H2,1-3H3,(H2,14,15,16). The molecule has 0 radical (unpaired) electrons. The highest BCUT2D eigenvalue weighted by atomic mass is 16.3. The van der Waals surface area contributed by atoms with Gasteiger partial charge in [0.05, 0.1) is 17.5 Å². The lowest BCUT2D eigenvalue weighted by molar-refractivity contribution is 0.0170. The van der Waals surface area contributed by atoms with Gasteiger partial charge in [-0.3, -0.25) is 4.98 Å². The number of nitrogens with zero attached hydrogens (tertiary/aromatic N) is 1. The van der Waals surface area contributed by atoms with E-state index in [-0.39, 0.29) is 18.5 Å². The molecule has 0 spiro atoms. The first-order valence-electron chi connectivity index (χ1n) is 5.59. The molecule has 1 rings (SSSR count). The molecule has 17 heavy (non-hydrogen) atoms. The third-order valence-electron chi connectivity index (χ3n) is 2.77. The molecule has 1 unspecified atom stereocenters. The monoisotopic (exact) mass is 237 g/mol. The van der Waals surface area contributed by atoms with E-state index < -0.39 is 5.60 Å². The fraction of sp³-hybridized carbons (Fsp3) is 0.500. The second-order valence-corrected chi connectivity index (χ2v) is 4.56. The summed E-state index contributed by atoms with van der Waals surface area (Å²) in [5, 5.41) is 15.2. The minimum atomic E-state index is -0.910. The molecule has 0 aliphatic rings. The van der Waals surface area contributed by atoms with E-state index >= 15 is 0 Å². The van der Waals surface area contributed by atoms with Gasteiger partial charge in [-0.25, -0.2) is 4.79 Å². The summed E-state index contributed by atoms with van der Waals surface area (Å²) in [6.45, 7) is 5.71. The van der Waals surface area contributed by atoms with Crippen LogP contribution in [0.1, 0.15) is 20.8 Å². The fourth-order valence-corrected chi connectivity index (χ4v) is 1.08. The molecule has 0 saturated heterocycles. The summed E-state index contributed by atoms with van der Waals surface area (Å²) < 4.78 is 0. The normalized spacial score (nSPS) is 14.2. The van der Waals surface area contributed by atoms with Gasteiger partial charge in [0.15, 0.2) is 0 Å². The largest absolute Gasteiger partial charge is 0.388 e. The lowest BCUT2D eigenvalue weighted by Crippen LogP contribution is -2.45. The summed E-state index contributed by atoms with van der Waals surface area (Å²) in [5.41, 5.74) is -0.291. The minimum absolute atomic E-state index is 0.0705. The molecule has 1 atom stereocenters. The summed E-state index contributed by atoms with van der Waals surface area (Å²) >= 11 is 0. The van der Waals surface area contributed by atoms with Crippen LogP contribution < -0.4 is 10.6 Å². The third-order valence-corrected chi connectivity index (χ3v) is 2.77. The van der Waals surface area contributed by atoms with E-state index in [4.69, 9.17) is 0 Å².